The van der Waals surface area contributed by atoms with E-state index in [0.717, 1.165) is 16.6 Å². The smallest absolute Gasteiger partial charge is 0.0952 e. The van der Waals surface area contributed by atoms with E-state index in [1.54, 1.807) is 10.8 Å². The largest absolute Gasteiger partial charge is 0.269 e. The van der Waals surface area contributed by atoms with Gasteiger partial charge in [-0.3, -0.25) is 4.68 Å². The van der Waals surface area contributed by atoms with E-state index in [2.05, 4.69) is 26.2 Å². The van der Waals surface area contributed by atoms with Gasteiger partial charge in [0.1, 0.15) is 0 Å². The lowest BCUT2D eigenvalue weighted by atomic mass is 9.96. The summed E-state index contributed by atoms with van der Waals surface area (Å²) in [6, 6.07) is 4.54. The molecule has 0 aliphatic heterocycles. The molecule has 3 aromatic rings. The molecule has 0 spiro atoms. The van der Waals surface area contributed by atoms with Crippen molar-refractivity contribution < 1.29 is 0 Å². The Morgan fingerprint density at radius 2 is 1.90 bits per heavy atom. The number of rotatable bonds is 2. The van der Waals surface area contributed by atoms with Crippen LogP contribution in [0.3, 0.4) is 0 Å². The normalized spacial score (nSPS) is 16.8. The molecule has 0 aromatic carbocycles. The maximum Gasteiger partial charge on any atom is 0.0952 e. The Hall–Kier alpha value is -2.17. The lowest BCUT2D eigenvalue weighted by molar-refractivity contribution is 0.329. The molecule has 1 aliphatic carbocycles. The van der Waals surface area contributed by atoms with Gasteiger partial charge in [-0.05, 0) is 25.0 Å². The summed E-state index contributed by atoms with van der Waals surface area (Å²) in [4.78, 5) is 0. The number of hydrogen-bond acceptors (Lipinski definition) is 3. The zero-order valence-electron chi connectivity index (χ0n) is 11.3. The van der Waals surface area contributed by atoms with Crippen LogP contribution in [0.25, 0.3) is 16.6 Å². The Labute approximate surface area is 117 Å². The van der Waals surface area contributed by atoms with Crippen LogP contribution in [0.15, 0.2) is 36.9 Å². The van der Waals surface area contributed by atoms with Gasteiger partial charge in [-0.25, -0.2) is 0 Å². The van der Waals surface area contributed by atoms with Crippen LogP contribution >= 0.6 is 0 Å². The first kappa shape index (κ1) is 11.6. The van der Waals surface area contributed by atoms with Crippen LogP contribution in [0.4, 0.5) is 0 Å². The fourth-order valence-electron chi connectivity index (χ4n) is 3.08. The molecular formula is C15H17N5. The van der Waals surface area contributed by atoms with Gasteiger partial charge in [-0.2, -0.15) is 19.9 Å². The summed E-state index contributed by atoms with van der Waals surface area (Å²) < 4.78 is 3.79. The molecule has 1 aliphatic rings. The summed E-state index contributed by atoms with van der Waals surface area (Å²) in [5, 5.41) is 13.0. The molecule has 0 radical (unpaired) electrons. The summed E-state index contributed by atoms with van der Waals surface area (Å²) >= 11 is 0. The van der Waals surface area contributed by atoms with E-state index in [4.69, 9.17) is 0 Å². The number of fused-ring (bicyclic) bond motifs is 1. The molecule has 0 atom stereocenters. The summed E-state index contributed by atoms with van der Waals surface area (Å²) in [6.45, 7) is 0. The summed E-state index contributed by atoms with van der Waals surface area (Å²) in [5.41, 5.74) is 3.24. The van der Waals surface area contributed by atoms with Crippen molar-refractivity contribution in [2.45, 2.75) is 38.1 Å². The Kier molecular flexibility index (Phi) is 2.76. The minimum Gasteiger partial charge on any atom is -0.269 e. The minimum atomic E-state index is 0.567. The highest BCUT2D eigenvalue weighted by Crippen LogP contribution is 2.30. The standard InChI is InChI=1S/C15H17N5/c1-2-5-13(6-3-1)19-11-12(9-17-19)14-10-18-20-15(14)7-4-8-16-20/h4,7-11,13H,1-3,5-6H2. The molecule has 3 aromatic heterocycles. The van der Waals surface area contributed by atoms with E-state index in [1.807, 2.05) is 24.5 Å². The van der Waals surface area contributed by atoms with E-state index in [1.165, 1.54) is 32.1 Å². The van der Waals surface area contributed by atoms with E-state index >= 15 is 0 Å². The Bertz CT molecular complexity index is 721. The number of nitrogens with zero attached hydrogens (tertiary/aromatic N) is 5. The first-order chi connectivity index (χ1) is 9.92. The van der Waals surface area contributed by atoms with Crippen molar-refractivity contribution in [3.05, 3.63) is 36.9 Å². The van der Waals surface area contributed by atoms with Crippen molar-refractivity contribution in [3.63, 3.8) is 0 Å². The second-order valence-electron chi connectivity index (χ2n) is 5.46. The van der Waals surface area contributed by atoms with Gasteiger partial charge in [-0.1, -0.05) is 19.3 Å². The molecular weight excluding hydrogens is 250 g/mol. The molecule has 3 heterocycles. The van der Waals surface area contributed by atoms with Gasteiger partial charge in [0.15, 0.2) is 0 Å². The van der Waals surface area contributed by atoms with Gasteiger partial charge >= 0.3 is 0 Å². The van der Waals surface area contributed by atoms with Crippen molar-refractivity contribution in [1.29, 1.82) is 0 Å². The molecule has 5 nitrogen and oxygen atoms in total. The minimum absolute atomic E-state index is 0.567. The van der Waals surface area contributed by atoms with Gasteiger partial charge in [-0.15, -0.1) is 0 Å². The van der Waals surface area contributed by atoms with Crippen molar-refractivity contribution in [2.24, 2.45) is 0 Å². The fraction of sp³-hybridized carbons (Fsp3) is 0.400. The Morgan fingerprint density at radius 1 is 1.00 bits per heavy atom. The molecule has 0 N–H and O–H groups in total. The molecule has 0 saturated heterocycles. The molecule has 20 heavy (non-hydrogen) atoms. The van der Waals surface area contributed by atoms with Crippen LogP contribution in [-0.2, 0) is 0 Å². The molecule has 102 valence electrons. The lowest BCUT2D eigenvalue weighted by Gasteiger charge is -2.21. The number of hydrogen-bond donors (Lipinski definition) is 0. The quantitative estimate of drug-likeness (QED) is 0.716. The zero-order chi connectivity index (χ0) is 13.4. The highest BCUT2D eigenvalue weighted by Gasteiger charge is 2.17. The molecule has 1 fully saturated rings. The first-order valence-electron chi connectivity index (χ1n) is 7.25. The SMILES string of the molecule is c1cnn2ncc(-c3cnn(C4CCCCC4)c3)c2c1. The predicted octanol–water partition coefficient (Wildman–Crippen LogP) is 3.10. The second-order valence-corrected chi connectivity index (χ2v) is 5.46. The summed E-state index contributed by atoms with van der Waals surface area (Å²) in [6.07, 6.45) is 14.2. The summed E-state index contributed by atoms with van der Waals surface area (Å²) in [7, 11) is 0. The van der Waals surface area contributed by atoms with E-state index in [-0.39, 0.29) is 0 Å². The average molecular weight is 267 g/mol. The Morgan fingerprint density at radius 3 is 2.80 bits per heavy atom. The van der Waals surface area contributed by atoms with E-state index < -0.39 is 0 Å². The van der Waals surface area contributed by atoms with Crippen LogP contribution in [0.1, 0.15) is 38.1 Å². The third-order valence-corrected chi connectivity index (χ3v) is 4.17. The zero-order valence-corrected chi connectivity index (χ0v) is 11.3. The van der Waals surface area contributed by atoms with Gasteiger partial charge in [0.2, 0.25) is 0 Å². The molecule has 4 rings (SSSR count). The highest BCUT2D eigenvalue weighted by molar-refractivity contribution is 5.78. The van der Waals surface area contributed by atoms with Crippen LogP contribution in [0.5, 0.6) is 0 Å². The lowest BCUT2D eigenvalue weighted by Crippen LogP contribution is -2.12. The van der Waals surface area contributed by atoms with Crippen LogP contribution in [0, 0.1) is 0 Å². The molecule has 0 unspecified atom stereocenters. The third-order valence-electron chi connectivity index (χ3n) is 4.17. The predicted molar refractivity (Wildman–Crippen MR) is 76.3 cm³/mol. The molecule has 0 bridgehead atoms. The van der Waals surface area contributed by atoms with Crippen LogP contribution < -0.4 is 0 Å². The topological polar surface area (TPSA) is 48.0 Å². The van der Waals surface area contributed by atoms with Crippen molar-refractivity contribution in [2.75, 3.05) is 0 Å². The maximum atomic E-state index is 4.56. The first-order valence-corrected chi connectivity index (χ1v) is 7.25. The van der Waals surface area contributed by atoms with E-state index in [9.17, 15) is 0 Å². The summed E-state index contributed by atoms with van der Waals surface area (Å²) in [5.74, 6) is 0. The highest BCUT2D eigenvalue weighted by atomic mass is 15.4. The fourth-order valence-corrected chi connectivity index (χ4v) is 3.08. The van der Waals surface area contributed by atoms with Gasteiger partial charge in [0.05, 0.1) is 24.0 Å². The monoisotopic (exact) mass is 267 g/mol. The van der Waals surface area contributed by atoms with Gasteiger partial charge in [0, 0.05) is 23.5 Å². The third kappa shape index (κ3) is 1.90. The molecule has 0 amide bonds. The van der Waals surface area contributed by atoms with Crippen molar-refractivity contribution in [3.8, 4) is 11.1 Å². The molecule has 5 heteroatoms. The van der Waals surface area contributed by atoms with E-state index in [0.29, 0.717) is 6.04 Å². The van der Waals surface area contributed by atoms with Gasteiger partial charge < -0.3 is 0 Å². The van der Waals surface area contributed by atoms with Crippen molar-refractivity contribution >= 4 is 5.52 Å². The average Bonchev–Trinajstić information content (AvgIpc) is 3.14. The van der Waals surface area contributed by atoms with Crippen molar-refractivity contribution in [1.82, 2.24) is 24.6 Å². The second kappa shape index (κ2) is 4.74. The van der Waals surface area contributed by atoms with Gasteiger partial charge in [0.25, 0.3) is 0 Å². The molecule has 1 saturated carbocycles. The van der Waals surface area contributed by atoms with Crippen LogP contribution in [0.2, 0.25) is 0 Å². The van der Waals surface area contributed by atoms with Crippen LogP contribution in [-0.4, -0.2) is 24.6 Å². The number of aromatic nitrogens is 5. The Balaban J connectivity index is 1.70. The maximum absolute atomic E-state index is 4.56.